The summed E-state index contributed by atoms with van der Waals surface area (Å²) in [4.78, 5) is 0. The number of hydrogen-bond donors (Lipinski definition) is 1. The van der Waals surface area contributed by atoms with Crippen LogP contribution in [0.3, 0.4) is 0 Å². The fourth-order valence-corrected chi connectivity index (χ4v) is 4.72. The van der Waals surface area contributed by atoms with Crippen LogP contribution in [-0.4, -0.2) is 33.5 Å². The van der Waals surface area contributed by atoms with E-state index in [1.807, 2.05) is 7.05 Å². The zero-order valence-corrected chi connectivity index (χ0v) is 13.0. The highest BCUT2D eigenvalue weighted by atomic mass is 32.2. The first kappa shape index (κ1) is 14.1. The number of fused-ring (bicyclic) bond motifs is 3. The maximum atomic E-state index is 11.4. The molecule has 0 spiro atoms. The molecule has 2 aliphatic rings. The summed E-state index contributed by atoms with van der Waals surface area (Å²) in [6.07, 6.45) is 4.49. The fourth-order valence-electron chi connectivity index (χ4n) is 4.04. The number of aryl methyl sites for hydroxylation is 1. The summed E-state index contributed by atoms with van der Waals surface area (Å²) in [7, 11) is -0.907. The lowest BCUT2D eigenvalue weighted by molar-refractivity contribution is 0.453. The molecule has 110 valence electrons. The van der Waals surface area contributed by atoms with E-state index >= 15 is 0 Å². The summed E-state index contributed by atoms with van der Waals surface area (Å²) in [5.74, 6) is 2.31. The minimum atomic E-state index is -2.87. The van der Waals surface area contributed by atoms with Gasteiger partial charge in [-0.15, -0.1) is 0 Å². The SMILES string of the molecule is CNC(CCS(C)(=O)=O)C1C2CCc3ccccc3C21. The zero-order valence-electron chi connectivity index (χ0n) is 12.2. The molecule has 3 rings (SSSR count). The lowest BCUT2D eigenvalue weighted by Gasteiger charge is -2.16. The molecular weight excluding hydrogens is 270 g/mol. The van der Waals surface area contributed by atoms with E-state index in [0.717, 1.165) is 12.3 Å². The largest absolute Gasteiger partial charge is 0.317 e. The average Bonchev–Trinajstić information content (AvgIpc) is 3.13. The second kappa shape index (κ2) is 5.15. The second-order valence-corrected chi connectivity index (χ2v) is 8.58. The Kier molecular flexibility index (Phi) is 3.63. The van der Waals surface area contributed by atoms with Gasteiger partial charge < -0.3 is 5.32 Å². The predicted molar refractivity (Wildman–Crippen MR) is 81.7 cm³/mol. The molecule has 1 N–H and O–H groups in total. The molecule has 4 unspecified atom stereocenters. The van der Waals surface area contributed by atoms with Crippen LogP contribution in [0.1, 0.15) is 29.9 Å². The first-order valence-electron chi connectivity index (χ1n) is 7.44. The van der Waals surface area contributed by atoms with Crippen LogP contribution in [-0.2, 0) is 16.3 Å². The van der Waals surface area contributed by atoms with Gasteiger partial charge in [-0.25, -0.2) is 8.42 Å². The minimum absolute atomic E-state index is 0.288. The van der Waals surface area contributed by atoms with Crippen LogP contribution in [0.2, 0.25) is 0 Å². The molecule has 1 fully saturated rings. The maximum absolute atomic E-state index is 11.4. The van der Waals surface area contributed by atoms with Gasteiger partial charge in [-0.3, -0.25) is 0 Å². The first-order chi connectivity index (χ1) is 9.51. The van der Waals surface area contributed by atoms with E-state index in [1.54, 1.807) is 0 Å². The van der Waals surface area contributed by atoms with Gasteiger partial charge in [0.15, 0.2) is 0 Å². The van der Waals surface area contributed by atoms with Gasteiger partial charge in [0.05, 0.1) is 5.75 Å². The van der Waals surface area contributed by atoms with Crippen molar-refractivity contribution in [3.05, 3.63) is 35.4 Å². The summed E-state index contributed by atoms with van der Waals surface area (Å²) < 4.78 is 22.8. The standard InChI is InChI=1S/C16H23NO2S/c1-17-14(9-10-20(2,18)19)16-13-8-7-11-5-3-4-6-12(11)15(13)16/h3-6,13-17H,7-10H2,1-2H3. The molecule has 4 atom stereocenters. The average molecular weight is 293 g/mol. The van der Waals surface area contributed by atoms with Crippen molar-refractivity contribution in [2.24, 2.45) is 11.8 Å². The quantitative estimate of drug-likeness (QED) is 0.903. The third kappa shape index (κ3) is 2.63. The van der Waals surface area contributed by atoms with Gasteiger partial charge >= 0.3 is 0 Å². The molecule has 2 aliphatic carbocycles. The molecule has 0 saturated heterocycles. The van der Waals surface area contributed by atoms with Crippen molar-refractivity contribution in [1.82, 2.24) is 5.32 Å². The van der Waals surface area contributed by atoms with Crippen LogP contribution in [0.5, 0.6) is 0 Å². The van der Waals surface area contributed by atoms with Crippen LogP contribution in [0.25, 0.3) is 0 Å². The molecule has 1 saturated carbocycles. The van der Waals surface area contributed by atoms with Gasteiger partial charge in [-0.1, -0.05) is 24.3 Å². The number of sulfone groups is 1. The van der Waals surface area contributed by atoms with Crippen molar-refractivity contribution in [3.63, 3.8) is 0 Å². The van der Waals surface area contributed by atoms with Gasteiger partial charge in [0, 0.05) is 12.3 Å². The predicted octanol–water partition coefficient (Wildman–Crippen LogP) is 1.99. The second-order valence-electron chi connectivity index (χ2n) is 6.32. The summed E-state index contributed by atoms with van der Waals surface area (Å²) in [5.41, 5.74) is 3.00. The molecule has 0 aromatic heterocycles. The van der Waals surface area contributed by atoms with Gasteiger partial charge in [-0.05, 0) is 55.2 Å². The van der Waals surface area contributed by atoms with Crippen LogP contribution < -0.4 is 5.32 Å². The Morgan fingerprint density at radius 2 is 2.10 bits per heavy atom. The Morgan fingerprint density at radius 1 is 1.35 bits per heavy atom. The van der Waals surface area contributed by atoms with Crippen molar-refractivity contribution in [3.8, 4) is 0 Å². The number of benzene rings is 1. The molecule has 0 aliphatic heterocycles. The van der Waals surface area contributed by atoms with Crippen molar-refractivity contribution in [2.45, 2.75) is 31.2 Å². The van der Waals surface area contributed by atoms with E-state index in [2.05, 4.69) is 29.6 Å². The van der Waals surface area contributed by atoms with Gasteiger partial charge in [-0.2, -0.15) is 0 Å². The third-order valence-electron chi connectivity index (χ3n) is 5.03. The summed E-state index contributed by atoms with van der Waals surface area (Å²) >= 11 is 0. The topological polar surface area (TPSA) is 46.2 Å². The molecule has 0 amide bonds. The molecule has 4 heteroatoms. The Labute approximate surface area is 121 Å². The van der Waals surface area contributed by atoms with E-state index in [0.29, 0.717) is 17.9 Å². The van der Waals surface area contributed by atoms with E-state index in [1.165, 1.54) is 30.2 Å². The highest BCUT2D eigenvalue weighted by Gasteiger charge is 2.55. The number of hydrogen-bond acceptors (Lipinski definition) is 3. The van der Waals surface area contributed by atoms with Gasteiger partial charge in [0.25, 0.3) is 0 Å². The van der Waals surface area contributed by atoms with Crippen molar-refractivity contribution in [2.75, 3.05) is 19.1 Å². The lowest BCUT2D eigenvalue weighted by Crippen LogP contribution is -2.30. The number of rotatable bonds is 5. The first-order valence-corrected chi connectivity index (χ1v) is 9.50. The lowest BCUT2D eigenvalue weighted by atomic mass is 9.92. The molecule has 0 bridgehead atoms. The fraction of sp³-hybridized carbons (Fsp3) is 0.625. The van der Waals surface area contributed by atoms with Crippen LogP contribution in [0.4, 0.5) is 0 Å². The van der Waals surface area contributed by atoms with Crippen LogP contribution in [0.15, 0.2) is 24.3 Å². The molecular formula is C16H23NO2S. The molecule has 0 heterocycles. The number of nitrogens with one attached hydrogen (secondary N) is 1. The van der Waals surface area contributed by atoms with Crippen molar-refractivity contribution >= 4 is 9.84 Å². The van der Waals surface area contributed by atoms with E-state index in [-0.39, 0.29) is 5.75 Å². The summed E-state index contributed by atoms with van der Waals surface area (Å²) in [5, 5.41) is 3.36. The minimum Gasteiger partial charge on any atom is -0.317 e. The molecule has 3 nitrogen and oxygen atoms in total. The Bertz CT molecular complexity index is 596. The zero-order chi connectivity index (χ0) is 14.3. The Hall–Kier alpha value is -0.870. The third-order valence-corrected chi connectivity index (χ3v) is 6.00. The van der Waals surface area contributed by atoms with E-state index in [4.69, 9.17) is 0 Å². The van der Waals surface area contributed by atoms with Gasteiger partial charge in [0.1, 0.15) is 9.84 Å². The van der Waals surface area contributed by atoms with E-state index in [9.17, 15) is 8.42 Å². The van der Waals surface area contributed by atoms with Gasteiger partial charge in [0.2, 0.25) is 0 Å². The summed E-state index contributed by atoms with van der Waals surface area (Å²) in [6, 6.07) is 9.07. The van der Waals surface area contributed by atoms with Crippen LogP contribution in [0, 0.1) is 11.8 Å². The normalized spacial score (nSPS) is 29.4. The monoisotopic (exact) mass is 293 g/mol. The molecule has 20 heavy (non-hydrogen) atoms. The highest BCUT2D eigenvalue weighted by Crippen LogP contribution is 2.61. The Balaban J connectivity index is 1.74. The smallest absolute Gasteiger partial charge is 0.147 e. The van der Waals surface area contributed by atoms with Crippen molar-refractivity contribution < 1.29 is 8.42 Å². The molecule has 1 aromatic rings. The molecule has 1 aromatic carbocycles. The molecule has 0 radical (unpaired) electrons. The van der Waals surface area contributed by atoms with Crippen LogP contribution >= 0.6 is 0 Å². The van der Waals surface area contributed by atoms with Crippen molar-refractivity contribution in [1.29, 1.82) is 0 Å². The Morgan fingerprint density at radius 3 is 2.80 bits per heavy atom. The highest BCUT2D eigenvalue weighted by molar-refractivity contribution is 7.90. The summed E-state index contributed by atoms with van der Waals surface area (Å²) in [6.45, 7) is 0. The maximum Gasteiger partial charge on any atom is 0.147 e. The van der Waals surface area contributed by atoms with E-state index < -0.39 is 9.84 Å².